The summed E-state index contributed by atoms with van der Waals surface area (Å²) in [6.07, 6.45) is -9.78. The van der Waals surface area contributed by atoms with E-state index in [0.717, 1.165) is 33.3 Å². The third-order valence-electron chi connectivity index (χ3n) is 8.16. The number of nitrogens with zero attached hydrogens (tertiary/aromatic N) is 1. The zero-order chi connectivity index (χ0) is 33.6. The molecule has 0 bridgehead atoms. The normalized spacial score (nSPS) is 12.7. The molecule has 1 amide bonds. The minimum absolute atomic E-state index is 0.140. The van der Waals surface area contributed by atoms with Crippen molar-refractivity contribution >= 4 is 22.8 Å². The predicted octanol–water partition coefficient (Wildman–Crippen LogP) is 9.20. The quantitative estimate of drug-likeness (QED) is 0.175. The fourth-order valence-electron chi connectivity index (χ4n) is 5.60. The maximum Gasteiger partial charge on any atom is 0.416 e. The smallest absolute Gasteiger partial charge is 0.416 e. The number of alkyl halides is 6. The van der Waals surface area contributed by atoms with Gasteiger partial charge in [0.1, 0.15) is 0 Å². The number of benzene rings is 4. The van der Waals surface area contributed by atoms with Gasteiger partial charge in [-0.2, -0.15) is 26.3 Å². The fourth-order valence-corrected chi connectivity index (χ4v) is 5.60. The topological polar surface area (TPSA) is 71.3 Å². The van der Waals surface area contributed by atoms with Crippen LogP contribution in [0.25, 0.3) is 22.0 Å². The first kappa shape index (κ1) is 32.3. The van der Waals surface area contributed by atoms with Gasteiger partial charge in [0.2, 0.25) is 0 Å². The Labute approximate surface area is 260 Å². The molecule has 46 heavy (non-hydrogen) atoms. The van der Waals surface area contributed by atoms with Crippen molar-refractivity contribution in [1.29, 1.82) is 0 Å². The summed E-state index contributed by atoms with van der Waals surface area (Å²) >= 11 is 0. The van der Waals surface area contributed by atoms with Gasteiger partial charge < -0.3 is 15.0 Å². The van der Waals surface area contributed by atoms with Crippen LogP contribution in [0.5, 0.6) is 0 Å². The summed E-state index contributed by atoms with van der Waals surface area (Å²) in [5.74, 6) is -1.75. The second kappa shape index (κ2) is 12.0. The predicted molar refractivity (Wildman–Crippen MR) is 162 cm³/mol. The number of amides is 1. The summed E-state index contributed by atoms with van der Waals surface area (Å²) in [7, 11) is 0. The van der Waals surface area contributed by atoms with Gasteiger partial charge in [-0.05, 0) is 91.1 Å². The van der Waals surface area contributed by atoms with E-state index in [1.54, 1.807) is 36.4 Å². The number of hydrogen-bond donors (Lipinski definition) is 2. The number of carbonyl (C=O) groups excluding carboxylic acids is 1. The van der Waals surface area contributed by atoms with Gasteiger partial charge in [-0.3, -0.25) is 4.79 Å². The van der Waals surface area contributed by atoms with Crippen LogP contribution in [0.4, 0.5) is 26.3 Å². The standard InChI is InChI=1S/C35H28F6N2O3/c1-19-21(3)43(18-22-8-10-23(11-9-22)26-6-4-5-7-27(26)33(45)46)31-15-12-24(16-28(19)31)32(44)42-20(2)29-17-25(34(36,37)38)13-14-30(29)35(39,40)41/h4-17,20H,18H2,1-3H3,(H,42,44)(H,45,46)/t20-/m0/s1. The van der Waals surface area contributed by atoms with Gasteiger partial charge in [0.05, 0.1) is 22.7 Å². The third-order valence-corrected chi connectivity index (χ3v) is 8.16. The summed E-state index contributed by atoms with van der Waals surface area (Å²) in [6, 6.07) is 18.9. The number of carboxylic acids is 1. The lowest BCUT2D eigenvalue weighted by Crippen LogP contribution is -2.28. The lowest BCUT2D eigenvalue weighted by Gasteiger charge is -2.21. The first-order valence-electron chi connectivity index (χ1n) is 14.2. The fraction of sp³-hybridized carbons (Fsp3) is 0.200. The molecule has 5 rings (SSSR count). The van der Waals surface area contributed by atoms with Gasteiger partial charge in [0, 0.05) is 28.7 Å². The van der Waals surface area contributed by atoms with Crippen molar-refractivity contribution in [2.75, 3.05) is 0 Å². The highest BCUT2D eigenvalue weighted by atomic mass is 19.4. The number of halogens is 6. The molecule has 2 N–H and O–H groups in total. The van der Waals surface area contributed by atoms with E-state index in [1.165, 1.54) is 13.0 Å². The molecule has 0 unspecified atom stereocenters. The highest BCUT2D eigenvalue weighted by Crippen LogP contribution is 2.39. The number of fused-ring (bicyclic) bond motifs is 1. The Bertz CT molecular complexity index is 1960. The molecular formula is C35H28F6N2O3. The monoisotopic (exact) mass is 638 g/mol. The molecule has 11 heteroatoms. The summed E-state index contributed by atoms with van der Waals surface area (Å²) in [5, 5.41) is 12.7. The van der Waals surface area contributed by atoms with Crippen molar-refractivity contribution in [2.45, 2.75) is 45.7 Å². The van der Waals surface area contributed by atoms with Crippen LogP contribution < -0.4 is 5.32 Å². The van der Waals surface area contributed by atoms with Crippen LogP contribution >= 0.6 is 0 Å². The second-order valence-electron chi connectivity index (χ2n) is 11.1. The first-order chi connectivity index (χ1) is 21.6. The van der Waals surface area contributed by atoms with Crippen LogP contribution in [0.15, 0.2) is 84.9 Å². The van der Waals surface area contributed by atoms with E-state index in [-0.39, 0.29) is 11.1 Å². The number of rotatable bonds is 7. The molecule has 1 aromatic heterocycles. The maximum absolute atomic E-state index is 13.6. The largest absolute Gasteiger partial charge is 0.478 e. The second-order valence-corrected chi connectivity index (χ2v) is 11.1. The number of hydrogen-bond acceptors (Lipinski definition) is 2. The number of carboxylic acid groups (broad SMARTS) is 1. The molecule has 1 heterocycles. The summed E-state index contributed by atoms with van der Waals surface area (Å²) in [5.41, 5.74) is 2.04. The van der Waals surface area contributed by atoms with Crippen LogP contribution in [0.3, 0.4) is 0 Å². The van der Waals surface area contributed by atoms with E-state index in [4.69, 9.17) is 0 Å². The lowest BCUT2D eigenvalue weighted by molar-refractivity contribution is -0.142. The molecule has 0 fully saturated rings. The molecule has 0 radical (unpaired) electrons. The zero-order valence-corrected chi connectivity index (χ0v) is 24.8. The number of carbonyl (C=O) groups is 2. The number of aryl methyl sites for hydroxylation is 1. The third kappa shape index (κ3) is 6.35. The molecule has 0 spiro atoms. The van der Waals surface area contributed by atoms with E-state index in [1.807, 2.05) is 42.7 Å². The molecule has 0 aliphatic carbocycles. The highest BCUT2D eigenvalue weighted by Gasteiger charge is 2.38. The Morgan fingerprint density at radius 3 is 2.15 bits per heavy atom. The van der Waals surface area contributed by atoms with Crippen molar-refractivity contribution < 1.29 is 41.0 Å². The number of aromatic nitrogens is 1. The van der Waals surface area contributed by atoms with Crippen molar-refractivity contribution in [1.82, 2.24) is 9.88 Å². The molecule has 1 atom stereocenters. The average Bonchev–Trinajstić information content (AvgIpc) is 3.24. The van der Waals surface area contributed by atoms with Crippen LogP contribution in [-0.4, -0.2) is 21.6 Å². The van der Waals surface area contributed by atoms with Gasteiger partial charge in [-0.1, -0.05) is 42.5 Å². The molecule has 5 aromatic rings. The molecule has 0 saturated carbocycles. The maximum atomic E-state index is 13.6. The number of aromatic carboxylic acids is 1. The van der Waals surface area contributed by atoms with Crippen LogP contribution in [0.2, 0.25) is 0 Å². The lowest BCUT2D eigenvalue weighted by atomic mass is 9.97. The number of nitrogens with one attached hydrogen (secondary N) is 1. The van der Waals surface area contributed by atoms with Gasteiger partial charge in [0.25, 0.3) is 5.91 Å². The molecule has 0 saturated heterocycles. The Morgan fingerprint density at radius 1 is 0.848 bits per heavy atom. The Kier molecular flexibility index (Phi) is 8.46. The van der Waals surface area contributed by atoms with Crippen molar-refractivity contribution in [3.8, 4) is 11.1 Å². The van der Waals surface area contributed by atoms with Gasteiger partial charge in [-0.25, -0.2) is 4.79 Å². The van der Waals surface area contributed by atoms with E-state index in [9.17, 15) is 41.0 Å². The van der Waals surface area contributed by atoms with Crippen LogP contribution in [0.1, 0.15) is 67.2 Å². The van der Waals surface area contributed by atoms with E-state index >= 15 is 0 Å². The summed E-state index contributed by atoms with van der Waals surface area (Å²) < 4.78 is 82.8. The van der Waals surface area contributed by atoms with Gasteiger partial charge in [0.15, 0.2) is 0 Å². The average molecular weight is 639 g/mol. The Hall–Kier alpha value is -5.06. The van der Waals surface area contributed by atoms with Crippen molar-refractivity contribution in [3.05, 3.63) is 130 Å². The highest BCUT2D eigenvalue weighted by molar-refractivity contribution is 5.99. The van der Waals surface area contributed by atoms with Crippen LogP contribution in [0, 0.1) is 13.8 Å². The zero-order valence-electron chi connectivity index (χ0n) is 24.8. The first-order valence-corrected chi connectivity index (χ1v) is 14.2. The van der Waals surface area contributed by atoms with Crippen molar-refractivity contribution in [3.63, 3.8) is 0 Å². The molecule has 0 aliphatic heterocycles. The van der Waals surface area contributed by atoms with E-state index in [0.29, 0.717) is 30.3 Å². The van der Waals surface area contributed by atoms with E-state index in [2.05, 4.69) is 5.32 Å². The minimum atomic E-state index is -4.92. The van der Waals surface area contributed by atoms with E-state index < -0.39 is 47.0 Å². The van der Waals surface area contributed by atoms with Gasteiger partial charge in [-0.15, -0.1) is 0 Å². The van der Waals surface area contributed by atoms with Gasteiger partial charge >= 0.3 is 18.3 Å². The minimum Gasteiger partial charge on any atom is -0.478 e. The molecule has 4 aromatic carbocycles. The SMILES string of the molecule is Cc1c(C)n(Cc2ccc(-c3ccccc3C(=O)O)cc2)c2ccc(C(=O)N[C@@H](C)c3cc(C(F)(F)F)ccc3C(F)(F)F)cc12. The summed E-state index contributed by atoms with van der Waals surface area (Å²) in [6.45, 7) is 5.47. The molecule has 238 valence electrons. The molecule has 0 aliphatic rings. The Balaban J connectivity index is 1.40. The summed E-state index contributed by atoms with van der Waals surface area (Å²) in [4.78, 5) is 24.8. The molecule has 5 nitrogen and oxygen atoms in total. The van der Waals surface area contributed by atoms with Crippen LogP contribution in [-0.2, 0) is 18.9 Å². The molecular weight excluding hydrogens is 610 g/mol. The Morgan fingerprint density at radius 2 is 1.52 bits per heavy atom. The van der Waals surface area contributed by atoms with Crippen molar-refractivity contribution in [2.24, 2.45) is 0 Å².